The summed E-state index contributed by atoms with van der Waals surface area (Å²) < 4.78 is 0. The lowest BCUT2D eigenvalue weighted by Crippen LogP contribution is -2.30. The number of aryl methyl sites for hydroxylation is 1. The van der Waals surface area contributed by atoms with Crippen LogP contribution in [0.2, 0.25) is 0 Å². The van der Waals surface area contributed by atoms with Crippen molar-refractivity contribution in [2.45, 2.75) is 12.8 Å². The van der Waals surface area contributed by atoms with Crippen molar-refractivity contribution in [1.82, 2.24) is 15.4 Å². The molecule has 0 unspecified atom stereocenters. The van der Waals surface area contributed by atoms with Crippen molar-refractivity contribution in [3.63, 3.8) is 0 Å². The number of nitrogens with zero attached hydrogens (tertiary/aromatic N) is 1. The summed E-state index contributed by atoms with van der Waals surface area (Å²) >= 11 is 0. The molecule has 11 heavy (non-hydrogen) atoms. The summed E-state index contributed by atoms with van der Waals surface area (Å²) in [7, 11) is 0. The molecule has 0 atom stereocenters. The van der Waals surface area contributed by atoms with Crippen LogP contribution in [0.1, 0.15) is 12.1 Å². The molecule has 0 aliphatic heterocycles. The summed E-state index contributed by atoms with van der Waals surface area (Å²) in [5.41, 5.74) is 2.92. The Balaban J connectivity index is 2.29. The first kappa shape index (κ1) is 7.74. The van der Waals surface area contributed by atoms with Gasteiger partial charge in [0.2, 0.25) is 5.91 Å². The Morgan fingerprint density at radius 1 is 1.82 bits per heavy atom. The zero-order valence-electron chi connectivity index (χ0n) is 6.00. The van der Waals surface area contributed by atoms with E-state index in [1.807, 2.05) is 0 Å². The second-order valence-electron chi connectivity index (χ2n) is 2.13. The van der Waals surface area contributed by atoms with Crippen molar-refractivity contribution in [3.05, 3.63) is 18.2 Å². The van der Waals surface area contributed by atoms with Crippen molar-refractivity contribution in [3.8, 4) is 0 Å². The third-order valence-corrected chi connectivity index (χ3v) is 1.32. The van der Waals surface area contributed by atoms with Crippen LogP contribution in [0.3, 0.4) is 0 Å². The monoisotopic (exact) mass is 154 g/mol. The number of H-pyrrole nitrogens is 1. The van der Waals surface area contributed by atoms with Gasteiger partial charge in [-0.05, 0) is 6.42 Å². The van der Waals surface area contributed by atoms with Gasteiger partial charge < -0.3 is 4.98 Å². The van der Waals surface area contributed by atoms with Crippen LogP contribution < -0.4 is 11.3 Å². The van der Waals surface area contributed by atoms with Gasteiger partial charge in [0.15, 0.2) is 0 Å². The average molecular weight is 154 g/mol. The Morgan fingerprint density at radius 3 is 3.18 bits per heavy atom. The largest absolute Gasteiger partial charge is 0.351 e. The molecule has 1 aromatic heterocycles. The molecule has 0 aliphatic rings. The van der Waals surface area contributed by atoms with E-state index in [1.54, 1.807) is 12.5 Å². The van der Waals surface area contributed by atoms with E-state index in [0.29, 0.717) is 12.8 Å². The van der Waals surface area contributed by atoms with Gasteiger partial charge in [0.25, 0.3) is 0 Å². The molecular weight excluding hydrogens is 144 g/mol. The SMILES string of the molecule is NNC(=O)CCc1c[nH]cn1. The van der Waals surface area contributed by atoms with Crippen molar-refractivity contribution in [2.75, 3.05) is 0 Å². The molecule has 0 radical (unpaired) electrons. The smallest absolute Gasteiger partial charge is 0.234 e. The maximum Gasteiger partial charge on any atom is 0.234 e. The predicted molar refractivity (Wildman–Crippen MR) is 39.2 cm³/mol. The van der Waals surface area contributed by atoms with Crippen LogP contribution in [0.25, 0.3) is 0 Å². The number of aromatic nitrogens is 2. The molecule has 1 rings (SSSR count). The van der Waals surface area contributed by atoms with Crippen molar-refractivity contribution in [1.29, 1.82) is 0 Å². The lowest BCUT2D eigenvalue weighted by molar-refractivity contribution is -0.121. The van der Waals surface area contributed by atoms with Gasteiger partial charge in [-0.2, -0.15) is 0 Å². The van der Waals surface area contributed by atoms with E-state index in [2.05, 4.69) is 15.4 Å². The third-order valence-electron chi connectivity index (χ3n) is 1.32. The second-order valence-corrected chi connectivity index (χ2v) is 2.13. The van der Waals surface area contributed by atoms with Gasteiger partial charge in [0, 0.05) is 12.6 Å². The van der Waals surface area contributed by atoms with E-state index in [0.717, 1.165) is 5.69 Å². The summed E-state index contributed by atoms with van der Waals surface area (Å²) in [5, 5.41) is 0. The zero-order valence-corrected chi connectivity index (χ0v) is 6.00. The van der Waals surface area contributed by atoms with Crippen LogP contribution in [0, 0.1) is 0 Å². The first-order chi connectivity index (χ1) is 5.33. The lowest BCUT2D eigenvalue weighted by Gasteiger charge is -1.95. The number of nitrogens with one attached hydrogen (secondary N) is 2. The Bertz CT molecular complexity index is 218. The minimum atomic E-state index is -0.173. The molecule has 4 N–H and O–H groups in total. The number of nitrogens with two attached hydrogens (primary N) is 1. The summed E-state index contributed by atoms with van der Waals surface area (Å²) in [6, 6.07) is 0. The Labute approximate surface area is 64.0 Å². The fraction of sp³-hybridized carbons (Fsp3) is 0.333. The van der Waals surface area contributed by atoms with E-state index in [1.165, 1.54) is 0 Å². The molecule has 0 aliphatic carbocycles. The maximum atomic E-state index is 10.6. The second kappa shape index (κ2) is 3.72. The van der Waals surface area contributed by atoms with Gasteiger partial charge in [-0.15, -0.1) is 0 Å². The topological polar surface area (TPSA) is 83.8 Å². The summed E-state index contributed by atoms with van der Waals surface area (Å²) in [6.07, 6.45) is 4.33. The normalized spacial score (nSPS) is 9.55. The number of rotatable bonds is 3. The quantitative estimate of drug-likeness (QED) is 0.307. The molecule has 5 heteroatoms. The van der Waals surface area contributed by atoms with Gasteiger partial charge >= 0.3 is 0 Å². The Morgan fingerprint density at radius 2 is 2.64 bits per heavy atom. The van der Waals surface area contributed by atoms with Gasteiger partial charge in [0.05, 0.1) is 12.0 Å². The number of carbonyl (C=O) groups excluding carboxylic acids is 1. The summed E-state index contributed by atoms with van der Waals surface area (Å²) in [4.78, 5) is 17.4. The standard InChI is InChI=1S/C6H10N4O/c7-10-6(11)2-1-5-3-8-4-9-5/h3-4H,1-2,7H2,(H,8,9)(H,10,11). The number of amides is 1. The highest BCUT2D eigenvalue weighted by Crippen LogP contribution is 1.95. The number of hydrogen-bond donors (Lipinski definition) is 3. The molecule has 1 heterocycles. The highest BCUT2D eigenvalue weighted by molar-refractivity contribution is 5.75. The Hall–Kier alpha value is -1.36. The van der Waals surface area contributed by atoms with Gasteiger partial charge in [-0.1, -0.05) is 0 Å². The molecule has 60 valence electrons. The molecule has 0 saturated carbocycles. The third kappa shape index (κ3) is 2.38. The predicted octanol–water partition coefficient (Wildman–Crippen LogP) is -0.668. The fourth-order valence-corrected chi connectivity index (χ4v) is 0.741. The van der Waals surface area contributed by atoms with E-state index >= 15 is 0 Å². The molecule has 1 amide bonds. The molecule has 0 fully saturated rings. The first-order valence-corrected chi connectivity index (χ1v) is 3.30. The Kier molecular flexibility index (Phi) is 2.62. The number of carbonyl (C=O) groups is 1. The van der Waals surface area contributed by atoms with Crippen LogP contribution in [0.4, 0.5) is 0 Å². The number of hydrogen-bond acceptors (Lipinski definition) is 3. The first-order valence-electron chi connectivity index (χ1n) is 3.30. The fourth-order valence-electron chi connectivity index (χ4n) is 0.741. The maximum absolute atomic E-state index is 10.6. The molecule has 0 aromatic carbocycles. The number of hydrazine groups is 1. The van der Waals surface area contributed by atoms with E-state index in [-0.39, 0.29) is 5.91 Å². The van der Waals surface area contributed by atoms with Crippen LogP contribution >= 0.6 is 0 Å². The molecule has 1 aromatic rings. The minimum Gasteiger partial charge on any atom is -0.351 e. The average Bonchev–Trinajstić information content (AvgIpc) is 2.52. The van der Waals surface area contributed by atoms with Crippen molar-refractivity contribution in [2.24, 2.45) is 5.84 Å². The van der Waals surface area contributed by atoms with Crippen LogP contribution in [-0.2, 0) is 11.2 Å². The lowest BCUT2D eigenvalue weighted by atomic mass is 10.2. The number of aromatic amines is 1. The van der Waals surface area contributed by atoms with Crippen LogP contribution in [-0.4, -0.2) is 15.9 Å². The highest BCUT2D eigenvalue weighted by atomic mass is 16.2. The van der Waals surface area contributed by atoms with Crippen LogP contribution in [0.15, 0.2) is 12.5 Å². The number of imidazole rings is 1. The van der Waals surface area contributed by atoms with Gasteiger partial charge in [-0.25, -0.2) is 10.8 Å². The van der Waals surface area contributed by atoms with Gasteiger partial charge in [0.1, 0.15) is 0 Å². The van der Waals surface area contributed by atoms with E-state index < -0.39 is 0 Å². The molecule has 0 spiro atoms. The van der Waals surface area contributed by atoms with Gasteiger partial charge in [-0.3, -0.25) is 10.2 Å². The van der Waals surface area contributed by atoms with E-state index in [4.69, 9.17) is 5.84 Å². The van der Waals surface area contributed by atoms with Crippen LogP contribution in [0.5, 0.6) is 0 Å². The molecular formula is C6H10N4O. The van der Waals surface area contributed by atoms with Crippen molar-refractivity contribution >= 4 is 5.91 Å². The highest BCUT2D eigenvalue weighted by Gasteiger charge is 1.99. The molecule has 0 bridgehead atoms. The molecule has 5 nitrogen and oxygen atoms in total. The summed E-state index contributed by atoms with van der Waals surface area (Å²) in [5.74, 6) is 4.71. The summed E-state index contributed by atoms with van der Waals surface area (Å²) in [6.45, 7) is 0. The zero-order chi connectivity index (χ0) is 8.10. The van der Waals surface area contributed by atoms with E-state index in [9.17, 15) is 4.79 Å². The van der Waals surface area contributed by atoms with Crippen molar-refractivity contribution < 1.29 is 4.79 Å². The molecule has 0 saturated heterocycles. The minimum absolute atomic E-state index is 0.173.